The topological polar surface area (TPSA) is 77.9 Å². The zero-order valence-electron chi connectivity index (χ0n) is 15.0. The van der Waals surface area contributed by atoms with Gasteiger partial charge in [-0.05, 0) is 73.0 Å². The summed E-state index contributed by atoms with van der Waals surface area (Å²) in [7, 11) is 1.32. The Balaban J connectivity index is 2.09. The van der Waals surface area contributed by atoms with Gasteiger partial charge in [0.25, 0.3) is 11.8 Å². The molecule has 27 heavy (non-hydrogen) atoms. The van der Waals surface area contributed by atoms with Crippen molar-refractivity contribution in [3.8, 4) is 5.75 Å². The molecule has 1 saturated heterocycles. The van der Waals surface area contributed by atoms with Gasteiger partial charge in [0.2, 0.25) is 0 Å². The molecule has 0 unspecified atom stereocenters. The number of urea groups is 1. The molecule has 138 valence electrons. The fourth-order valence-corrected chi connectivity index (χ4v) is 3.02. The molecule has 0 atom stereocenters. The molecule has 6 nitrogen and oxygen atoms in total. The predicted molar refractivity (Wildman–Crippen MR) is 103 cm³/mol. The number of halogens is 1. The average Bonchev–Trinajstić information content (AvgIpc) is 2.63. The summed E-state index contributed by atoms with van der Waals surface area (Å²) in [4.78, 5) is 39.8. The highest BCUT2D eigenvalue weighted by Crippen LogP contribution is 2.28. The number of carbonyl (C=O) groups is 3. The maximum Gasteiger partial charge on any atom is 0.338 e. The Labute approximate surface area is 161 Å². The monoisotopic (exact) mass is 384 g/mol. The Morgan fingerprint density at radius 1 is 0.963 bits per heavy atom. The summed E-state index contributed by atoms with van der Waals surface area (Å²) < 4.78 is 0. The third-order valence-electron chi connectivity index (χ3n) is 4.36. The lowest BCUT2D eigenvalue weighted by atomic mass is 10.0. The van der Waals surface area contributed by atoms with Crippen molar-refractivity contribution in [2.45, 2.75) is 13.8 Å². The number of aryl methyl sites for hydroxylation is 2. The van der Waals surface area contributed by atoms with E-state index >= 15 is 0 Å². The van der Waals surface area contributed by atoms with E-state index in [4.69, 9.17) is 11.6 Å². The number of phenols is 1. The SMILES string of the molecule is Cc1cc(/C=C2/C(=O)N(C)C(=O)N(c3ccc(Cl)cc3)C2=O)cc(C)c1O. The molecule has 1 aliphatic heterocycles. The first-order chi connectivity index (χ1) is 12.7. The second-order valence-corrected chi connectivity index (χ2v) is 6.76. The molecule has 0 aliphatic carbocycles. The number of imide groups is 2. The van der Waals surface area contributed by atoms with Gasteiger partial charge in [-0.15, -0.1) is 0 Å². The summed E-state index contributed by atoms with van der Waals surface area (Å²) in [6.07, 6.45) is 1.43. The molecule has 2 aromatic carbocycles. The number of phenolic OH excluding ortho intramolecular Hbond substituents is 1. The maximum absolute atomic E-state index is 12.9. The standard InChI is InChI=1S/C20H17ClN2O4/c1-11-8-13(9-12(2)17(11)24)10-16-18(25)22(3)20(27)23(19(16)26)15-6-4-14(21)5-7-15/h4-10,24H,1-3H3/b16-10-. The van der Waals surface area contributed by atoms with E-state index in [-0.39, 0.29) is 11.3 Å². The van der Waals surface area contributed by atoms with Crippen molar-refractivity contribution >= 4 is 41.2 Å². The Bertz CT molecular complexity index is 973. The molecule has 7 heteroatoms. The van der Waals surface area contributed by atoms with E-state index in [9.17, 15) is 19.5 Å². The highest BCUT2D eigenvalue weighted by Gasteiger charge is 2.40. The quantitative estimate of drug-likeness (QED) is 0.633. The second kappa shape index (κ2) is 6.89. The van der Waals surface area contributed by atoms with Gasteiger partial charge in [-0.3, -0.25) is 14.5 Å². The summed E-state index contributed by atoms with van der Waals surface area (Å²) in [5.41, 5.74) is 2.00. The lowest BCUT2D eigenvalue weighted by Crippen LogP contribution is -2.55. The molecule has 0 saturated carbocycles. The Morgan fingerprint density at radius 2 is 1.52 bits per heavy atom. The number of rotatable bonds is 2. The Hall–Kier alpha value is -3.12. The molecule has 4 amide bonds. The van der Waals surface area contributed by atoms with Crippen LogP contribution in [-0.2, 0) is 9.59 Å². The van der Waals surface area contributed by atoms with E-state index in [1.165, 1.54) is 25.3 Å². The number of amides is 4. The van der Waals surface area contributed by atoms with Crippen LogP contribution in [0, 0.1) is 13.8 Å². The minimum absolute atomic E-state index is 0.142. The third-order valence-corrected chi connectivity index (χ3v) is 4.61. The molecule has 0 bridgehead atoms. The van der Waals surface area contributed by atoms with Crippen molar-refractivity contribution < 1.29 is 19.5 Å². The molecule has 1 N–H and O–H groups in total. The van der Waals surface area contributed by atoms with Crippen LogP contribution in [0.2, 0.25) is 5.02 Å². The van der Waals surface area contributed by atoms with Crippen molar-refractivity contribution in [2.75, 3.05) is 11.9 Å². The zero-order valence-corrected chi connectivity index (χ0v) is 15.7. The average molecular weight is 385 g/mol. The van der Waals surface area contributed by atoms with Crippen LogP contribution in [0.3, 0.4) is 0 Å². The van der Waals surface area contributed by atoms with Gasteiger partial charge in [0.05, 0.1) is 5.69 Å². The van der Waals surface area contributed by atoms with Gasteiger partial charge in [0.15, 0.2) is 0 Å². The van der Waals surface area contributed by atoms with Gasteiger partial charge in [0, 0.05) is 12.1 Å². The Morgan fingerprint density at radius 3 is 2.07 bits per heavy atom. The molecule has 0 spiro atoms. The molecular formula is C20H17ClN2O4. The number of barbiturate groups is 1. The van der Waals surface area contributed by atoms with Crippen LogP contribution in [0.15, 0.2) is 42.0 Å². The first-order valence-electron chi connectivity index (χ1n) is 8.14. The van der Waals surface area contributed by atoms with E-state index in [0.29, 0.717) is 27.4 Å². The van der Waals surface area contributed by atoms with Crippen LogP contribution in [0.4, 0.5) is 10.5 Å². The second-order valence-electron chi connectivity index (χ2n) is 6.33. The minimum Gasteiger partial charge on any atom is -0.507 e. The number of hydrogen-bond acceptors (Lipinski definition) is 4. The third kappa shape index (κ3) is 3.31. The molecule has 1 heterocycles. The van der Waals surface area contributed by atoms with Crippen LogP contribution in [0.25, 0.3) is 6.08 Å². The molecule has 1 fully saturated rings. The molecule has 2 aromatic rings. The summed E-state index contributed by atoms with van der Waals surface area (Å²) in [5.74, 6) is -1.24. The summed E-state index contributed by atoms with van der Waals surface area (Å²) >= 11 is 5.87. The fourth-order valence-electron chi connectivity index (χ4n) is 2.90. The lowest BCUT2D eigenvalue weighted by molar-refractivity contribution is -0.128. The van der Waals surface area contributed by atoms with Crippen LogP contribution in [0.5, 0.6) is 5.75 Å². The van der Waals surface area contributed by atoms with Gasteiger partial charge < -0.3 is 5.11 Å². The highest BCUT2D eigenvalue weighted by molar-refractivity contribution is 6.39. The molecule has 0 aromatic heterocycles. The molecule has 1 aliphatic rings. The summed E-state index contributed by atoms with van der Waals surface area (Å²) in [6, 6.07) is 8.79. The first kappa shape index (κ1) is 18.7. The number of carbonyl (C=O) groups excluding carboxylic acids is 3. The van der Waals surface area contributed by atoms with Crippen LogP contribution in [0.1, 0.15) is 16.7 Å². The van der Waals surface area contributed by atoms with Gasteiger partial charge in [-0.2, -0.15) is 0 Å². The summed E-state index contributed by atoms with van der Waals surface area (Å²) in [5, 5.41) is 10.4. The number of nitrogens with zero attached hydrogens (tertiary/aromatic N) is 2. The van der Waals surface area contributed by atoms with Crippen molar-refractivity contribution in [2.24, 2.45) is 0 Å². The van der Waals surface area contributed by atoms with E-state index in [1.54, 1.807) is 38.1 Å². The fraction of sp³-hybridized carbons (Fsp3) is 0.150. The van der Waals surface area contributed by atoms with Crippen molar-refractivity contribution in [3.63, 3.8) is 0 Å². The summed E-state index contributed by atoms with van der Waals surface area (Å²) in [6.45, 7) is 3.45. The van der Waals surface area contributed by atoms with Gasteiger partial charge in [-0.25, -0.2) is 9.69 Å². The minimum atomic E-state index is -0.734. The van der Waals surface area contributed by atoms with Crippen LogP contribution >= 0.6 is 11.6 Å². The van der Waals surface area contributed by atoms with E-state index in [1.807, 2.05) is 0 Å². The predicted octanol–water partition coefficient (Wildman–Crippen LogP) is 3.67. The van der Waals surface area contributed by atoms with E-state index in [2.05, 4.69) is 0 Å². The van der Waals surface area contributed by atoms with Crippen molar-refractivity contribution in [1.29, 1.82) is 0 Å². The number of likely N-dealkylation sites (N-methyl/N-ethyl adjacent to an activating group) is 1. The molecular weight excluding hydrogens is 368 g/mol. The van der Waals surface area contributed by atoms with E-state index in [0.717, 1.165) is 9.80 Å². The lowest BCUT2D eigenvalue weighted by Gasteiger charge is -2.31. The van der Waals surface area contributed by atoms with Crippen molar-refractivity contribution in [3.05, 3.63) is 63.7 Å². The Kier molecular flexibility index (Phi) is 4.76. The maximum atomic E-state index is 12.9. The van der Waals surface area contributed by atoms with Gasteiger partial charge in [0.1, 0.15) is 11.3 Å². The van der Waals surface area contributed by atoms with Gasteiger partial charge in [-0.1, -0.05) is 11.6 Å². The van der Waals surface area contributed by atoms with Crippen LogP contribution in [-0.4, -0.2) is 34.9 Å². The van der Waals surface area contributed by atoms with Crippen molar-refractivity contribution in [1.82, 2.24) is 4.90 Å². The number of benzene rings is 2. The highest BCUT2D eigenvalue weighted by atomic mass is 35.5. The number of anilines is 1. The van der Waals surface area contributed by atoms with Crippen LogP contribution < -0.4 is 4.90 Å². The largest absolute Gasteiger partial charge is 0.507 e. The number of hydrogen-bond donors (Lipinski definition) is 1. The zero-order chi connectivity index (χ0) is 19.9. The molecule has 0 radical (unpaired) electrons. The van der Waals surface area contributed by atoms with Gasteiger partial charge >= 0.3 is 6.03 Å². The van der Waals surface area contributed by atoms with E-state index < -0.39 is 17.8 Å². The molecule has 3 rings (SSSR count). The first-order valence-corrected chi connectivity index (χ1v) is 8.52. The normalized spacial score (nSPS) is 16.4. The smallest absolute Gasteiger partial charge is 0.338 e. The number of aromatic hydroxyl groups is 1.